The summed E-state index contributed by atoms with van der Waals surface area (Å²) in [5.41, 5.74) is 3.87. The molecule has 2 aromatic rings. The molecule has 0 atom stereocenters. The Hall–Kier alpha value is -2.42. The summed E-state index contributed by atoms with van der Waals surface area (Å²) in [4.78, 5) is 18.8. The topological polar surface area (TPSA) is 32.7 Å². The Morgan fingerprint density at radius 1 is 1.05 bits per heavy atom. The van der Waals surface area contributed by atoms with Crippen molar-refractivity contribution in [2.75, 3.05) is 18.0 Å². The normalized spacial score (nSPS) is 14.6. The first-order chi connectivity index (χ1) is 10.6. The minimum absolute atomic E-state index is 0.0873. The maximum absolute atomic E-state index is 12.3. The Kier molecular flexibility index (Phi) is 4.05. The van der Waals surface area contributed by atoms with Crippen molar-refractivity contribution in [3.8, 4) is 0 Å². The van der Waals surface area contributed by atoms with Crippen molar-refractivity contribution < 1.29 is 4.79 Å². The van der Waals surface area contributed by atoms with Crippen LogP contribution < -0.4 is 4.90 Å². The summed E-state index contributed by atoms with van der Waals surface area (Å²) in [6.07, 6.45) is 0. The minimum Gasteiger partial charge on any atom is -0.361 e. The molecule has 112 valence electrons. The van der Waals surface area contributed by atoms with Gasteiger partial charge in [0.2, 0.25) is 0 Å². The summed E-state index contributed by atoms with van der Waals surface area (Å²) in [6, 6.07) is 18.1. The first-order valence-electron chi connectivity index (χ1n) is 7.66. The fourth-order valence-corrected chi connectivity index (χ4v) is 2.84. The van der Waals surface area contributed by atoms with Gasteiger partial charge < -0.3 is 4.90 Å². The van der Waals surface area contributed by atoms with Crippen molar-refractivity contribution in [2.24, 2.45) is 10.9 Å². The van der Waals surface area contributed by atoms with Crippen LogP contribution in [0.2, 0.25) is 0 Å². The van der Waals surface area contributed by atoms with Crippen molar-refractivity contribution in [1.29, 1.82) is 0 Å². The number of rotatable bonds is 3. The van der Waals surface area contributed by atoms with Crippen molar-refractivity contribution in [1.82, 2.24) is 0 Å². The molecule has 0 radical (unpaired) electrons. The van der Waals surface area contributed by atoms with Crippen LogP contribution in [0.3, 0.4) is 0 Å². The quantitative estimate of drug-likeness (QED) is 0.867. The van der Waals surface area contributed by atoms with E-state index in [1.165, 1.54) is 0 Å². The van der Waals surface area contributed by atoms with Gasteiger partial charge in [-0.3, -0.25) is 4.79 Å². The highest BCUT2D eigenvalue weighted by atomic mass is 16.1. The molecule has 0 aromatic heterocycles. The number of benzene rings is 2. The summed E-state index contributed by atoms with van der Waals surface area (Å²) in [5.74, 6) is 0.398. The molecule has 0 fully saturated rings. The molecule has 1 heterocycles. The van der Waals surface area contributed by atoms with Gasteiger partial charge in [-0.2, -0.15) is 0 Å². The van der Waals surface area contributed by atoms with E-state index in [0.29, 0.717) is 12.5 Å². The molecule has 3 heteroatoms. The maximum Gasteiger partial charge on any atom is 0.265 e. The Balaban J connectivity index is 2.12. The van der Waals surface area contributed by atoms with E-state index in [4.69, 9.17) is 0 Å². The van der Waals surface area contributed by atoms with Crippen molar-refractivity contribution in [3.05, 3.63) is 65.7 Å². The van der Waals surface area contributed by atoms with Gasteiger partial charge >= 0.3 is 0 Å². The average molecular weight is 292 g/mol. The first kappa shape index (κ1) is 14.5. The number of nitrogens with zero attached hydrogens (tertiary/aromatic N) is 2. The highest BCUT2D eigenvalue weighted by Gasteiger charge is 2.23. The minimum atomic E-state index is -0.0873. The predicted molar refractivity (Wildman–Crippen MR) is 90.6 cm³/mol. The van der Waals surface area contributed by atoms with Crippen LogP contribution in [0.4, 0.5) is 5.69 Å². The number of carbonyl (C=O) groups is 1. The molecule has 0 bridgehead atoms. The number of amides is 1. The third kappa shape index (κ3) is 2.93. The zero-order valence-electron chi connectivity index (χ0n) is 13.0. The van der Waals surface area contributed by atoms with E-state index in [1.54, 1.807) is 0 Å². The van der Waals surface area contributed by atoms with E-state index in [0.717, 1.165) is 29.1 Å². The number of para-hydroxylation sites is 1. The van der Waals surface area contributed by atoms with Crippen LogP contribution >= 0.6 is 0 Å². The number of carbonyl (C=O) groups excluding carboxylic acids is 1. The van der Waals surface area contributed by atoms with Crippen LogP contribution in [0.1, 0.15) is 25.0 Å². The Labute approximate surface area is 131 Å². The molecule has 0 N–H and O–H groups in total. The SMILES string of the molecule is CC(C)CN1CC(=O)N=C(c2ccccc2)c2ccccc21. The molecule has 0 aliphatic carbocycles. The van der Waals surface area contributed by atoms with Gasteiger partial charge in [0.05, 0.1) is 12.3 Å². The molecule has 3 rings (SSSR count). The van der Waals surface area contributed by atoms with Gasteiger partial charge in [0.25, 0.3) is 5.91 Å². The predicted octanol–water partition coefficient (Wildman–Crippen LogP) is 3.53. The van der Waals surface area contributed by atoms with Gasteiger partial charge in [-0.1, -0.05) is 62.4 Å². The number of aliphatic imine (C=N–C) groups is 1. The standard InChI is InChI=1S/C19H20N2O/c1-14(2)12-21-13-18(22)20-19(15-8-4-3-5-9-15)16-10-6-7-11-17(16)21/h3-11,14H,12-13H2,1-2H3. The van der Waals surface area contributed by atoms with Gasteiger partial charge in [-0.25, -0.2) is 4.99 Å². The smallest absolute Gasteiger partial charge is 0.265 e. The van der Waals surface area contributed by atoms with Crippen molar-refractivity contribution >= 4 is 17.3 Å². The van der Waals surface area contributed by atoms with E-state index in [9.17, 15) is 4.79 Å². The first-order valence-corrected chi connectivity index (χ1v) is 7.66. The lowest BCUT2D eigenvalue weighted by molar-refractivity contribution is -0.116. The Morgan fingerprint density at radius 2 is 1.73 bits per heavy atom. The van der Waals surface area contributed by atoms with Crippen LogP contribution in [-0.2, 0) is 4.79 Å². The molecule has 3 nitrogen and oxygen atoms in total. The van der Waals surface area contributed by atoms with Gasteiger partial charge in [0.1, 0.15) is 0 Å². The maximum atomic E-state index is 12.3. The zero-order valence-corrected chi connectivity index (χ0v) is 13.0. The van der Waals surface area contributed by atoms with E-state index in [2.05, 4.69) is 29.8 Å². The molecule has 1 aliphatic heterocycles. The van der Waals surface area contributed by atoms with E-state index in [1.807, 2.05) is 48.5 Å². The molecular formula is C19H20N2O. The summed E-state index contributed by atoms with van der Waals surface area (Å²) >= 11 is 0. The van der Waals surface area contributed by atoms with Gasteiger partial charge in [-0.05, 0) is 12.0 Å². The Bertz CT molecular complexity index is 704. The number of benzodiazepines with no additional fused rings is 1. The van der Waals surface area contributed by atoms with Crippen LogP contribution in [-0.4, -0.2) is 24.7 Å². The van der Waals surface area contributed by atoms with Crippen molar-refractivity contribution in [2.45, 2.75) is 13.8 Å². The molecule has 1 amide bonds. The number of hydrogen-bond donors (Lipinski definition) is 0. The van der Waals surface area contributed by atoms with E-state index < -0.39 is 0 Å². The zero-order chi connectivity index (χ0) is 15.5. The highest BCUT2D eigenvalue weighted by Crippen LogP contribution is 2.27. The fraction of sp³-hybridized carbons (Fsp3) is 0.263. The third-order valence-electron chi connectivity index (χ3n) is 3.70. The molecule has 22 heavy (non-hydrogen) atoms. The van der Waals surface area contributed by atoms with Crippen LogP contribution in [0, 0.1) is 5.92 Å². The average Bonchev–Trinajstić information content (AvgIpc) is 2.65. The summed E-state index contributed by atoms with van der Waals surface area (Å²) in [7, 11) is 0. The second kappa shape index (κ2) is 6.14. The second-order valence-electron chi connectivity index (χ2n) is 6.01. The molecule has 2 aromatic carbocycles. The van der Waals surface area contributed by atoms with Crippen LogP contribution in [0.15, 0.2) is 59.6 Å². The second-order valence-corrected chi connectivity index (χ2v) is 6.01. The summed E-state index contributed by atoms with van der Waals surface area (Å²) < 4.78 is 0. The summed E-state index contributed by atoms with van der Waals surface area (Å²) in [6.45, 7) is 5.51. The lowest BCUT2D eigenvalue weighted by Gasteiger charge is -2.25. The molecular weight excluding hydrogens is 272 g/mol. The summed E-state index contributed by atoms with van der Waals surface area (Å²) in [5, 5.41) is 0. The number of hydrogen-bond acceptors (Lipinski definition) is 2. The van der Waals surface area contributed by atoms with E-state index >= 15 is 0 Å². The van der Waals surface area contributed by atoms with Gasteiger partial charge in [0.15, 0.2) is 0 Å². The monoisotopic (exact) mass is 292 g/mol. The highest BCUT2D eigenvalue weighted by molar-refractivity contribution is 6.20. The van der Waals surface area contributed by atoms with Crippen LogP contribution in [0.25, 0.3) is 0 Å². The third-order valence-corrected chi connectivity index (χ3v) is 3.70. The Morgan fingerprint density at radius 3 is 2.45 bits per heavy atom. The lowest BCUT2D eigenvalue weighted by Crippen LogP contribution is -2.32. The molecule has 0 saturated carbocycles. The molecule has 1 aliphatic rings. The van der Waals surface area contributed by atoms with Gasteiger partial charge in [0, 0.05) is 23.4 Å². The molecule has 0 unspecified atom stereocenters. The molecule has 0 saturated heterocycles. The van der Waals surface area contributed by atoms with Crippen LogP contribution in [0.5, 0.6) is 0 Å². The van der Waals surface area contributed by atoms with Crippen molar-refractivity contribution in [3.63, 3.8) is 0 Å². The largest absolute Gasteiger partial charge is 0.361 e. The number of anilines is 1. The number of fused-ring (bicyclic) bond motifs is 1. The van der Waals surface area contributed by atoms with E-state index in [-0.39, 0.29) is 5.91 Å². The molecule has 0 spiro atoms. The lowest BCUT2D eigenvalue weighted by atomic mass is 10.00. The van der Waals surface area contributed by atoms with Gasteiger partial charge in [-0.15, -0.1) is 0 Å². The fourth-order valence-electron chi connectivity index (χ4n) is 2.84.